The average Bonchev–Trinajstić information content (AvgIpc) is 3.30. The highest BCUT2D eigenvalue weighted by molar-refractivity contribution is 8.00. The largest absolute Gasteiger partial charge is 0.450 e. The zero-order valence-corrected chi connectivity index (χ0v) is 22.0. The summed E-state index contributed by atoms with van der Waals surface area (Å²) >= 11 is 1.63. The van der Waals surface area contributed by atoms with Gasteiger partial charge in [-0.25, -0.2) is 4.79 Å². The average molecular weight is 498 g/mol. The molecule has 1 aliphatic heterocycles. The first-order valence-corrected chi connectivity index (χ1v) is 13.6. The number of thioether (sulfide) groups is 1. The zero-order valence-electron chi connectivity index (χ0n) is 21.2. The quantitative estimate of drug-likeness (QED) is 0.256. The van der Waals surface area contributed by atoms with Crippen molar-refractivity contribution in [2.24, 2.45) is 17.6 Å². The molecule has 2 aliphatic rings. The van der Waals surface area contributed by atoms with Gasteiger partial charge in [-0.2, -0.15) is 11.8 Å². The molecule has 0 bridgehead atoms. The number of ether oxygens (including phenoxy) is 1. The number of carbonyl (C=O) groups excluding carboxylic acids is 3. The first-order chi connectivity index (χ1) is 16.1. The summed E-state index contributed by atoms with van der Waals surface area (Å²) < 4.78 is 4.50. The highest BCUT2D eigenvalue weighted by Crippen LogP contribution is 2.32. The van der Waals surface area contributed by atoms with Crippen molar-refractivity contribution >= 4 is 35.5 Å². The van der Waals surface area contributed by atoms with Crippen molar-refractivity contribution in [2.45, 2.75) is 89.5 Å². The molecule has 0 spiro atoms. The molecule has 0 aromatic heterocycles. The van der Waals surface area contributed by atoms with Gasteiger partial charge in [0, 0.05) is 23.8 Å². The van der Waals surface area contributed by atoms with Crippen LogP contribution in [0.4, 0.5) is 4.79 Å². The topological polar surface area (TPSA) is 138 Å². The lowest BCUT2D eigenvalue weighted by atomic mass is 9.81. The van der Waals surface area contributed by atoms with Gasteiger partial charge in [0.1, 0.15) is 12.1 Å². The first-order valence-electron chi connectivity index (χ1n) is 12.6. The van der Waals surface area contributed by atoms with Gasteiger partial charge >= 0.3 is 6.09 Å². The number of carbonyl (C=O) groups is 3. The molecule has 0 unspecified atom stereocenters. The maximum Gasteiger partial charge on any atom is 0.407 e. The number of alkyl carbamates (subject to hydrolysis) is 1. The van der Waals surface area contributed by atoms with Crippen LogP contribution in [0.5, 0.6) is 0 Å². The Bertz CT molecular complexity index is 724. The number of nitrogens with one attached hydrogen (secondary N) is 3. The summed E-state index contributed by atoms with van der Waals surface area (Å²) in [4.78, 5) is 40.6. The summed E-state index contributed by atoms with van der Waals surface area (Å²) in [5.41, 5.74) is 5.63. The summed E-state index contributed by atoms with van der Waals surface area (Å²) in [6, 6.07) is -1.32. The van der Waals surface area contributed by atoms with E-state index in [1.54, 1.807) is 23.6 Å². The SMILES string of the molecule is CCCSC(C)(C)[C@@H](NC(=O)OCC)C(=O)N1CCC[C@H]1C(=O)NC[C@H]1CC[C@H](C(=N)N)CC1. The maximum absolute atomic E-state index is 13.6. The fourth-order valence-corrected chi connectivity index (χ4v) is 5.84. The van der Waals surface area contributed by atoms with E-state index < -0.39 is 22.9 Å². The van der Waals surface area contributed by atoms with Crippen molar-refractivity contribution < 1.29 is 19.1 Å². The van der Waals surface area contributed by atoms with Crippen molar-refractivity contribution in [1.82, 2.24) is 15.5 Å². The second-order valence-electron chi connectivity index (χ2n) is 9.86. The monoisotopic (exact) mass is 497 g/mol. The molecule has 2 fully saturated rings. The summed E-state index contributed by atoms with van der Waals surface area (Å²) in [5, 5.41) is 13.4. The highest BCUT2D eigenvalue weighted by atomic mass is 32.2. The Labute approximate surface area is 208 Å². The molecule has 0 radical (unpaired) electrons. The third-order valence-corrected chi connectivity index (χ3v) is 8.44. The fraction of sp³-hybridized carbons (Fsp3) is 0.833. The second-order valence-corrected chi connectivity index (χ2v) is 11.6. The van der Waals surface area contributed by atoms with Crippen LogP contribution in [-0.2, 0) is 14.3 Å². The molecule has 0 aromatic rings. The molecule has 34 heavy (non-hydrogen) atoms. The fourth-order valence-electron chi connectivity index (χ4n) is 4.78. The Morgan fingerprint density at radius 2 is 1.85 bits per heavy atom. The molecule has 5 N–H and O–H groups in total. The molecule has 1 heterocycles. The second kappa shape index (κ2) is 13.2. The lowest BCUT2D eigenvalue weighted by Crippen LogP contribution is -2.60. The molecule has 2 rings (SSSR count). The van der Waals surface area contributed by atoms with Gasteiger partial charge in [0.2, 0.25) is 11.8 Å². The van der Waals surface area contributed by atoms with Gasteiger partial charge in [0.25, 0.3) is 0 Å². The Morgan fingerprint density at radius 3 is 2.44 bits per heavy atom. The lowest BCUT2D eigenvalue weighted by Gasteiger charge is -2.37. The van der Waals surface area contributed by atoms with Gasteiger partial charge in [0.05, 0.1) is 12.4 Å². The first kappa shape index (κ1) is 28.3. The normalized spacial score (nSPS) is 23.8. The van der Waals surface area contributed by atoms with Crippen molar-refractivity contribution in [3.05, 3.63) is 0 Å². The van der Waals surface area contributed by atoms with Crippen LogP contribution in [0.1, 0.15) is 72.6 Å². The summed E-state index contributed by atoms with van der Waals surface area (Å²) in [5.74, 6) is 1.28. The van der Waals surface area contributed by atoms with E-state index in [0.717, 1.165) is 44.3 Å². The molecule has 10 heteroatoms. The van der Waals surface area contributed by atoms with E-state index in [0.29, 0.717) is 25.4 Å². The third-order valence-electron chi connectivity index (χ3n) is 6.85. The number of nitrogens with two attached hydrogens (primary N) is 1. The summed E-state index contributed by atoms with van der Waals surface area (Å²) in [6.45, 7) is 8.99. The van der Waals surface area contributed by atoms with E-state index in [-0.39, 0.29) is 30.2 Å². The van der Waals surface area contributed by atoms with Gasteiger partial charge in [-0.15, -0.1) is 0 Å². The van der Waals surface area contributed by atoms with Crippen LogP contribution in [0, 0.1) is 17.2 Å². The predicted molar refractivity (Wildman–Crippen MR) is 136 cm³/mol. The van der Waals surface area contributed by atoms with E-state index in [4.69, 9.17) is 15.9 Å². The number of rotatable bonds is 11. The van der Waals surface area contributed by atoms with Crippen molar-refractivity contribution in [2.75, 3.05) is 25.4 Å². The van der Waals surface area contributed by atoms with Crippen LogP contribution in [0.3, 0.4) is 0 Å². The van der Waals surface area contributed by atoms with Crippen molar-refractivity contribution in [3.8, 4) is 0 Å². The van der Waals surface area contributed by atoms with Crippen LogP contribution >= 0.6 is 11.8 Å². The van der Waals surface area contributed by atoms with Crippen LogP contribution in [0.15, 0.2) is 0 Å². The Balaban J connectivity index is 2.02. The number of hydrogen-bond donors (Lipinski definition) is 4. The van der Waals surface area contributed by atoms with Gasteiger partial charge in [0.15, 0.2) is 0 Å². The van der Waals surface area contributed by atoms with E-state index in [1.165, 1.54) is 0 Å². The molecule has 9 nitrogen and oxygen atoms in total. The van der Waals surface area contributed by atoms with Crippen LogP contribution in [0.2, 0.25) is 0 Å². The van der Waals surface area contributed by atoms with E-state index in [1.807, 2.05) is 13.8 Å². The summed E-state index contributed by atoms with van der Waals surface area (Å²) in [6.07, 6.45) is 5.35. The summed E-state index contributed by atoms with van der Waals surface area (Å²) in [7, 11) is 0. The highest BCUT2D eigenvalue weighted by Gasteiger charge is 2.44. The predicted octanol–water partition coefficient (Wildman–Crippen LogP) is 2.87. The molecule has 0 aromatic carbocycles. The lowest BCUT2D eigenvalue weighted by molar-refractivity contribution is -0.140. The maximum atomic E-state index is 13.6. The molecule has 1 aliphatic carbocycles. The number of amidine groups is 1. The number of hydrogen-bond acceptors (Lipinski definition) is 6. The number of amides is 3. The molecule has 3 amide bonds. The minimum atomic E-state index is -0.793. The van der Waals surface area contributed by atoms with Gasteiger partial charge in [-0.3, -0.25) is 15.0 Å². The van der Waals surface area contributed by atoms with E-state index >= 15 is 0 Å². The molecule has 1 saturated carbocycles. The van der Waals surface area contributed by atoms with Gasteiger partial charge in [-0.05, 0) is 77.4 Å². The van der Waals surface area contributed by atoms with Crippen LogP contribution in [0.25, 0.3) is 0 Å². The minimum absolute atomic E-state index is 0.131. The molecular weight excluding hydrogens is 454 g/mol. The zero-order chi connectivity index (χ0) is 25.3. The Hall–Kier alpha value is -1.97. The smallest absolute Gasteiger partial charge is 0.407 e. The number of likely N-dealkylation sites (tertiary alicyclic amines) is 1. The van der Waals surface area contributed by atoms with Crippen LogP contribution < -0.4 is 16.4 Å². The van der Waals surface area contributed by atoms with Crippen LogP contribution in [-0.4, -0.2) is 70.9 Å². The van der Waals surface area contributed by atoms with Crippen molar-refractivity contribution in [1.29, 1.82) is 5.41 Å². The van der Waals surface area contributed by atoms with Gasteiger partial charge < -0.3 is 26.0 Å². The molecule has 1 saturated heterocycles. The van der Waals surface area contributed by atoms with E-state index in [9.17, 15) is 14.4 Å². The Morgan fingerprint density at radius 1 is 1.18 bits per heavy atom. The number of nitrogens with zero attached hydrogens (tertiary/aromatic N) is 1. The van der Waals surface area contributed by atoms with E-state index in [2.05, 4.69) is 17.6 Å². The minimum Gasteiger partial charge on any atom is -0.450 e. The standard InChI is InChI=1S/C24H43N5O4S/c1-5-14-34-24(3,4)19(28-23(32)33-6-2)22(31)29-13-7-8-18(29)21(30)27-15-16-9-11-17(12-10-16)20(25)26/h16-19H,5-15H2,1-4H3,(H3,25,26)(H,27,30)(H,28,32)/t16-,17-,18-,19-/m0/s1. The van der Waals surface area contributed by atoms with Gasteiger partial charge in [-0.1, -0.05) is 6.92 Å². The molecule has 2 atom stereocenters. The van der Waals surface area contributed by atoms with Crippen molar-refractivity contribution in [3.63, 3.8) is 0 Å². The Kier molecular flexibility index (Phi) is 11.0. The molecular formula is C24H43N5O4S. The third kappa shape index (κ3) is 7.78. The molecule has 194 valence electrons.